The first kappa shape index (κ1) is 9.33. The van der Waals surface area contributed by atoms with Gasteiger partial charge in [0, 0.05) is 18.0 Å². The zero-order chi connectivity index (χ0) is 11.0. The second kappa shape index (κ2) is 3.59. The van der Waals surface area contributed by atoms with E-state index in [9.17, 15) is 0 Å². The van der Waals surface area contributed by atoms with Gasteiger partial charge in [0.1, 0.15) is 5.82 Å². The number of nitrogen functional groups attached to an aromatic ring is 1. The van der Waals surface area contributed by atoms with Crippen molar-refractivity contribution in [1.82, 2.24) is 19.7 Å². The first-order chi connectivity index (χ1) is 7.86. The van der Waals surface area contributed by atoms with Gasteiger partial charge < -0.3 is 5.73 Å². The van der Waals surface area contributed by atoms with Crippen LogP contribution in [0.5, 0.6) is 0 Å². The molecule has 3 rings (SSSR count). The zero-order valence-electron chi connectivity index (χ0n) is 8.93. The lowest BCUT2D eigenvalue weighted by atomic mass is 9.98. The minimum atomic E-state index is 0.550. The van der Waals surface area contributed by atoms with Crippen molar-refractivity contribution in [1.29, 1.82) is 0 Å². The molecule has 0 saturated carbocycles. The predicted octanol–water partition coefficient (Wildman–Crippen LogP) is 1.12. The SMILES string of the molecule is Nc1c2c(nn1-c1ncccn1)CCCC2. The molecular weight excluding hydrogens is 202 g/mol. The highest BCUT2D eigenvalue weighted by atomic mass is 15.4. The van der Waals surface area contributed by atoms with Crippen molar-refractivity contribution >= 4 is 5.82 Å². The maximum atomic E-state index is 6.08. The molecule has 0 unspecified atom stereocenters. The van der Waals surface area contributed by atoms with Crippen LogP contribution < -0.4 is 5.73 Å². The predicted molar refractivity (Wildman–Crippen MR) is 60.2 cm³/mol. The molecule has 2 aromatic rings. The summed E-state index contributed by atoms with van der Waals surface area (Å²) in [5, 5.41) is 4.49. The van der Waals surface area contributed by atoms with Crippen molar-refractivity contribution in [3.8, 4) is 5.95 Å². The van der Waals surface area contributed by atoms with Crippen LogP contribution in [0.4, 0.5) is 5.82 Å². The maximum Gasteiger partial charge on any atom is 0.252 e. The van der Waals surface area contributed by atoms with E-state index in [-0.39, 0.29) is 0 Å². The third-order valence-electron chi connectivity index (χ3n) is 2.94. The van der Waals surface area contributed by atoms with Crippen LogP contribution in [-0.2, 0) is 12.8 Å². The van der Waals surface area contributed by atoms with Crippen molar-refractivity contribution in [3.05, 3.63) is 29.7 Å². The Morgan fingerprint density at radius 2 is 1.88 bits per heavy atom. The van der Waals surface area contributed by atoms with Crippen molar-refractivity contribution in [2.45, 2.75) is 25.7 Å². The molecule has 1 aliphatic carbocycles. The monoisotopic (exact) mass is 215 g/mol. The van der Waals surface area contributed by atoms with Crippen molar-refractivity contribution in [3.63, 3.8) is 0 Å². The Bertz CT molecular complexity index is 503. The summed E-state index contributed by atoms with van der Waals surface area (Å²) in [5.74, 6) is 1.25. The van der Waals surface area contributed by atoms with E-state index in [1.54, 1.807) is 23.1 Å². The number of rotatable bonds is 1. The van der Waals surface area contributed by atoms with E-state index in [4.69, 9.17) is 5.73 Å². The first-order valence-electron chi connectivity index (χ1n) is 5.50. The average molecular weight is 215 g/mol. The summed E-state index contributed by atoms with van der Waals surface area (Å²) in [6.07, 6.45) is 7.82. The van der Waals surface area contributed by atoms with Gasteiger partial charge >= 0.3 is 0 Å². The molecule has 16 heavy (non-hydrogen) atoms. The lowest BCUT2D eigenvalue weighted by Crippen LogP contribution is -2.06. The molecule has 5 nitrogen and oxygen atoms in total. The zero-order valence-corrected chi connectivity index (χ0v) is 8.93. The quantitative estimate of drug-likeness (QED) is 0.774. The van der Waals surface area contributed by atoms with Crippen LogP contribution in [0, 0.1) is 0 Å². The van der Waals surface area contributed by atoms with Gasteiger partial charge in [-0.3, -0.25) is 0 Å². The van der Waals surface area contributed by atoms with Gasteiger partial charge in [-0.05, 0) is 31.7 Å². The topological polar surface area (TPSA) is 69.6 Å². The highest BCUT2D eigenvalue weighted by molar-refractivity contribution is 5.47. The van der Waals surface area contributed by atoms with Gasteiger partial charge in [-0.25, -0.2) is 9.97 Å². The van der Waals surface area contributed by atoms with Crippen LogP contribution in [0.25, 0.3) is 5.95 Å². The molecule has 82 valence electrons. The summed E-state index contributed by atoms with van der Waals surface area (Å²) in [6, 6.07) is 1.78. The van der Waals surface area contributed by atoms with Crippen LogP contribution in [-0.4, -0.2) is 19.7 Å². The van der Waals surface area contributed by atoms with E-state index in [1.807, 2.05) is 0 Å². The number of hydrogen-bond donors (Lipinski definition) is 1. The molecule has 0 aromatic carbocycles. The normalized spacial score (nSPS) is 14.8. The van der Waals surface area contributed by atoms with Gasteiger partial charge in [0.2, 0.25) is 0 Å². The van der Waals surface area contributed by atoms with E-state index >= 15 is 0 Å². The summed E-state index contributed by atoms with van der Waals surface area (Å²) < 4.78 is 1.65. The molecule has 2 heterocycles. The highest BCUT2D eigenvalue weighted by Crippen LogP contribution is 2.26. The number of aromatic nitrogens is 4. The van der Waals surface area contributed by atoms with E-state index < -0.39 is 0 Å². The van der Waals surface area contributed by atoms with Gasteiger partial charge in [0.05, 0.1) is 5.69 Å². The highest BCUT2D eigenvalue weighted by Gasteiger charge is 2.20. The summed E-state index contributed by atoms with van der Waals surface area (Å²) >= 11 is 0. The van der Waals surface area contributed by atoms with E-state index in [1.165, 1.54) is 18.4 Å². The fourth-order valence-electron chi connectivity index (χ4n) is 2.13. The van der Waals surface area contributed by atoms with Gasteiger partial charge in [-0.1, -0.05) is 0 Å². The molecule has 5 heteroatoms. The molecule has 0 radical (unpaired) electrons. The number of nitrogens with zero attached hydrogens (tertiary/aromatic N) is 4. The van der Waals surface area contributed by atoms with E-state index in [2.05, 4.69) is 15.1 Å². The Labute approximate surface area is 93.3 Å². The van der Waals surface area contributed by atoms with E-state index in [0.717, 1.165) is 18.5 Å². The molecule has 2 aromatic heterocycles. The van der Waals surface area contributed by atoms with Crippen molar-refractivity contribution in [2.24, 2.45) is 0 Å². The van der Waals surface area contributed by atoms with Gasteiger partial charge in [-0.15, -0.1) is 0 Å². The molecule has 0 spiro atoms. The minimum Gasteiger partial charge on any atom is -0.383 e. The van der Waals surface area contributed by atoms with Crippen LogP contribution in [0.3, 0.4) is 0 Å². The molecule has 0 fully saturated rings. The molecule has 0 atom stereocenters. The van der Waals surface area contributed by atoms with Gasteiger partial charge in [0.15, 0.2) is 0 Å². The van der Waals surface area contributed by atoms with Crippen LogP contribution in [0.15, 0.2) is 18.5 Å². The Hall–Kier alpha value is -1.91. The Morgan fingerprint density at radius 3 is 2.62 bits per heavy atom. The number of hydrogen-bond acceptors (Lipinski definition) is 4. The third kappa shape index (κ3) is 1.36. The van der Waals surface area contributed by atoms with Crippen molar-refractivity contribution in [2.75, 3.05) is 5.73 Å². The van der Waals surface area contributed by atoms with Gasteiger partial charge in [0.25, 0.3) is 5.95 Å². The fourth-order valence-corrected chi connectivity index (χ4v) is 2.13. The standard InChI is InChI=1S/C11H13N5/c12-10-8-4-1-2-5-9(8)15-16(10)11-13-6-3-7-14-11/h3,6-7H,1-2,4-5,12H2. The van der Waals surface area contributed by atoms with E-state index in [0.29, 0.717) is 11.8 Å². The largest absolute Gasteiger partial charge is 0.383 e. The Kier molecular flexibility index (Phi) is 2.09. The number of fused-ring (bicyclic) bond motifs is 1. The van der Waals surface area contributed by atoms with Crippen LogP contribution >= 0.6 is 0 Å². The molecule has 0 bridgehead atoms. The first-order valence-corrected chi connectivity index (χ1v) is 5.50. The van der Waals surface area contributed by atoms with Crippen LogP contribution in [0.2, 0.25) is 0 Å². The van der Waals surface area contributed by atoms with Gasteiger partial charge in [-0.2, -0.15) is 9.78 Å². The summed E-state index contributed by atoms with van der Waals surface area (Å²) in [6.45, 7) is 0. The number of anilines is 1. The third-order valence-corrected chi connectivity index (χ3v) is 2.94. The lowest BCUT2D eigenvalue weighted by Gasteiger charge is -2.08. The molecule has 2 N–H and O–H groups in total. The molecule has 0 aliphatic heterocycles. The number of nitrogens with two attached hydrogens (primary N) is 1. The lowest BCUT2D eigenvalue weighted by molar-refractivity contribution is 0.669. The minimum absolute atomic E-state index is 0.550. The fraction of sp³-hybridized carbons (Fsp3) is 0.364. The second-order valence-electron chi connectivity index (χ2n) is 3.98. The average Bonchev–Trinajstić information content (AvgIpc) is 2.69. The Balaban J connectivity index is 2.12. The molecule has 0 saturated heterocycles. The smallest absolute Gasteiger partial charge is 0.252 e. The summed E-state index contributed by atoms with van der Waals surface area (Å²) in [5.41, 5.74) is 8.36. The van der Waals surface area contributed by atoms with Crippen LogP contribution in [0.1, 0.15) is 24.1 Å². The maximum absolute atomic E-state index is 6.08. The van der Waals surface area contributed by atoms with Crippen molar-refractivity contribution < 1.29 is 0 Å². The summed E-state index contributed by atoms with van der Waals surface area (Å²) in [7, 11) is 0. The molecule has 0 amide bonds. The number of aryl methyl sites for hydroxylation is 1. The summed E-state index contributed by atoms with van der Waals surface area (Å²) in [4.78, 5) is 8.33. The second-order valence-corrected chi connectivity index (χ2v) is 3.98. The molecule has 1 aliphatic rings. The molecular formula is C11H13N5. The Morgan fingerprint density at radius 1 is 1.12 bits per heavy atom.